The van der Waals surface area contributed by atoms with Crippen molar-refractivity contribution < 1.29 is 0 Å². The molecule has 6 nitrogen and oxygen atoms in total. The van der Waals surface area contributed by atoms with Crippen LogP contribution in [0.1, 0.15) is 43.9 Å². The lowest BCUT2D eigenvalue weighted by molar-refractivity contribution is 0.366. The molecule has 2 atom stereocenters. The summed E-state index contributed by atoms with van der Waals surface area (Å²) in [5, 5.41) is 12.0. The van der Waals surface area contributed by atoms with Crippen LogP contribution in [0.2, 0.25) is 0 Å². The van der Waals surface area contributed by atoms with Gasteiger partial charge in [-0.1, -0.05) is 37.3 Å². The van der Waals surface area contributed by atoms with Crippen molar-refractivity contribution in [3.63, 3.8) is 0 Å². The highest BCUT2D eigenvalue weighted by atomic mass is 15.3. The van der Waals surface area contributed by atoms with Gasteiger partial charge in [0.1, 0.15) is 11.6 Å². The van der Waals surface area contributed by atoms with E-state index < -0.39 is 0 Å². The van der Waals surface area contributed by atoms with Crippen LogP contribution in [-0.2, 0) is 18.4 Å². The van der Waals surface area contributed by atoms with Gasteiger partial charge in [-0.15, -0.1) is 10.2 Å². The average Bonchev–Trinajstić information content (AvgIpc) is 3.30. The Morgan fingerprint density at radius 1 is 1.29 bits per heavy atom. The van der Waals surface area contributed by atoms with Crippen LogP contribution in [0.15, 0.2) is 35.3 Å². The topological polar surface area (TPSA) is 58.3 Å². The van der Waals surface area contributed by atoms with Gasteiger partial charge in [0.15, 0.2) is 5.96 Å². The fourth-order valence-electron chi connectivity index (χ4n) is 4.54. The van der Waals surface area contributed by atoms with Crippen LogP contribution < -0.4 is 5.32 Å². The number of benzene rings is 1. The van der Waals surface area contributed by atoms with Crippen LogP contribution >= 0.6 is 0 Å². The Morgan fingerprint density at radius 2 is 2.11 bits per heavy atom. The molecular formula is C22H32N6. The number of nitrogens with zero attached hydrogens (tertiary/aromatic N) is 5. The van der Waals surface area contributed by atoms with E-state index in [9.17, 15) is 0 Å². The molecule has 3 heterocycles. The molecule has 0 spiro atoms. The van der Waals surface area contributed by atoms with Gasteiger partial charge in [-0.3, -0.25) is 4.99 Å². The van der Waals surface area contributed by atoms with E-state index in [1.54, 1.807) is 0 Å². The Kier molecular flexibility index (Phi) is 5.38. The molecule has 2 unspecified atom stereocenters. The zero-order valence-electron chi connectivity index (χ0n) is 17.4. The third-order valence-electron chi connectivity index (χ3n) is 6.31. The molecule has 2 aliphatic heterocycles. The van der Waals surface area contributed by atoms with E-state index in [0.29, 0.717) is 5.92 Å². The number of aryl methyl sites for hydroxylation is 2. The van der Waals surface area contributed by atoms with Gasteiger partial charge in [-0.05, 0) is 38.2 Å². The smallest absolute Gasteiger partial charge is 0.193 e. The summed E-state index contributed by atoms with van der Waals surface area (Å²) in [5.74, 6) is 3.77. The summed E-state index contributed by atoms with van der Waals surface area (Å²) in [6, 6.07) is 10.9. The number of rotatable bonds is 4. The van der Waals surface area contributed by atoms with E-state index in [1.165, 1.54) is 5.56 Å². The first-order valence-electron chi connectivity index (χ1n) is 10.6. The van der Waals surface area contributed by atoms with E-state index >= 15 is 0 Å². The third-order valence-corrected chi connectivity index (χ3v) is 6.31. The van der Waals surface area contributed by atoms with Gasteiger partial charge in [0.05, 0.1) is 0 Å². The minimum absolute atomic E-state index is 0.191. The van der Waals surface area contributed by atoms with Crippen LogP contribution in [0.3, 0.4) is 0 Å². The monoisotopic (exact) mass is 380 g/mol. The summed E-state index contributed by atoms with van der Waals surface area (Å²) in [4.78, 5) is 7.48. The standard InChI is InChI=1S/C22H32N6/c1-4-23-21(24-14-18-10-11-20-26-25-17(2)28(20)15-18)27-13-12-22(3,16-27)19-8-6-5-7-9-19/h5-9,18H,4,10-16H2,1-3H3,(H,23,24). The van der Waals surface area contributed by atoms with E-state index in [1.807, 2.05) is 6.92 Å². The van der Waals surface area contributed by atoms with Gasteiger partial charge in [-0.2, -0.15) is 0 Å². The lowest BCUT2D eigenvalue weighted by Crippen LogP contribution is -2.42. The van der Waals surface area contributed by atoms with Gasteiger partial charge in [-0.25, -0.2) is 0 Å². The predicted octanol–water partition coefficient (Wildman–Crippen LogP) is 2.78. The minimum atomic E-state index is 0.191. The number of likely N-dealkylation sites (tertiary alicyclic amines) is 1. The number of fused-ring (bicyclic) bond motifs is 1. The third kappa shape index (κ3) is 3.77. The molecule has 1 fully saturated rings. The van der Waals surface area contributed by atoms with Crippen molar-refractivity contribution >= 4 is 5.96 Å². The van der Waals surface area contributed by atoms with Crippen LogP contribution in [0.25, 0.3) is 0 Å². The predicted molar refractivity (Wildman–Crippen MR) is 113 cm³/mol. The number of hydrogen-bond acceptors (Lipinski definition) is 3. The molecule has 1 saturated heterocycles. The minimum Gasteiger partial charge on any atom is -0.357 e. The first-order chi connectivity index (χ1) is 13.6. The number of guanidine groups is 1. The van der Waals surface area contributed by atoms with Gasteiger partial charge in [0.25, 0.3) is 0 Å². The van der Waals surface area contributed by atoms with Gasteiger partial charge in [0.2, 0.25) is 0 Å². The largest absolute Gasteiger partial charge is 0.357 e. The molecule has 1 aromatic heterocycles. The van der Waals surface area contributed by atoms with Crippen LogP contribution in [0, 0.1) is 12.8 Å². The second kappa shape index (κ2) is 7.94. The van der Waals surface area contributed by atoms with Crippen molar-refractivity contribution in [2.45, 2.75) is 52.0 Å². The van der Waals surface area contributed by atoms with Crippen LogP contribution in [-0.4, -0.2) is 51.8 Å². The molecule has 4 rings (SSSR count). The Morgan fingerprint density at radius 3 is 2.89 bits per heavy atom. The molecule has 0 radical (unpaired) electrons. The summed E-state index contributed by atoms with van der Waals surface area (Å²) >= 11 is 0. The maximum Gasteiger partial charge on any atom is 0.193 e. The van der Waals surface area contributed by atoms with Gasteiger partial charge < -0.3 is 14.8 Å². The summed E-state index contributed by atoms with van der Waals surface area (Å²) in [6.45, 7) is 11.4. The summed E-state index contributed by atoms with van der Waals surface area (Å²) < 4.78 is 2.26. The zero-order chi connectivity index (χ0) is 19.6. The first-order valence-corrected chi connectivity index (χ1v) is 10.6. The Bertz CT molecular complexity index is 827. The molecule has 28 heavy (non-hydrogen) atoms. The Labute approximate surface area is 168 Å². The SMILES string of the molecule is CCNC(=NCC1CCc2nnc(C)n2C1)N1CCC(C)(c2ccccc2)C1. The highest BCUT2D eigenvalue weighted by Crippen LogP contribution is 2.34. The van der Waals surface area contributed by atoms with Crippen molar-refractivity contribution in [3.8, 4) is 0 Å². The number of aliphatic imine (C=N–C) groups is 1. The molecule has 150 valence electrons. The fourth-order valence-corrected chi connectivity index (χ4v) is 4.54. The van der Waals surface area contributed by atoms with Crippen LogP contribution in [0.4, 0.5) is 0 Å². The zero-order valence-corrected chi connectivity index (χ0v) is 17.4. The average molecular weight is 381 g/mol. The first kappa shape index (κ1) is 19.0. The molecule has 1 aromatic carbocycles. The molecule has 1 N–H and O–H groups in total. The number of aromatic nitrogens is 3. The summed E-state index contributed by atoms with van der Waals surface area (Å²) in [5.41, 5.74) is 1.62. The highest BCUT2D eigenvalue weighted by molar-refractivity contribution is 5.80. The highest BCUT2D eigenvalue weighted by Gasteiger charge is 2.36. The normalized spacial score (nSPS) is 25.0. The van der Waals surface area contributed by atoms with Gasteiger partial charge >= 0.3 is 0 Å². The van der Waals surface area contributed by atoms with Crippen LogP contribution in [0.5, 0.6) is 0 Å². The molecule has 0 amide bonds. The van der Waals surface area contributed by atoms with Crippen molar-refractivity contribution in [1.82, 2.24) is 25.0 Å². The van der Waals surface area contributed by atoms with Crippen molar-refractivity contribution in [2.24, 2.45) is 10.9 Å². The quantitative estimate of drug-likeness (QED) is 0.655. The number of nitrogens with one attached hydrogen (secondary N) is 1. The van der Waals surface area contributed by atoms with E-state index in [0.717, 1.165) is 69.6 Å². The molecule has 0 bridgehead atoms. The van der Waals surface area contributed by atoms with Crippen molar-refractivity contribution in [1.29, 1.82) is 0 Å². The molecule has 2 aliphatic rings. The van der Waals surface area contributed by atoms with E-state index in [-0.39, 0.29) is 5.41 Å². The maximum absolute atomic E-state index is 5.04. The van der Waals surface area contributed by atoms with E-state index in [4.69, 9.17) is 4.99 Å². The lowest BCUT2D eigenvalue weighted by atomic mass is 9.82. The second-order valence-electron chi connectivity index (χ2n) is 8.47. The maximum atomic E-state index is 5.04. The summed E-state index contributed by atoms with van der Waals surface area (Å²) in [7, 11) is 0. The second-order valence-corrected chi connectivity index (χ2v) is 8.47. The molecule has 0 saturated carbocycles. The number of hydrogen-bond donors (Lipinski definition) is 1. The van der Waals surface area contributed by atoms with Crippen molar-refractivity contribution in [2.75, 3.05) is 26.2 Å². The Balaban J connectivity index is 1.44. The molecule has 0 aliphatic carbocycles. The van der Waals surface area contributed by atoms with E-state index in [2.05, 4.69) is 69.2 Å². The lowest BCUT2D eigenvalue weighted by Gasteiger charge is -2.28. The molecule has 6 heteroatoms. The Hall–Kier alpha value is -2.37. The van der Waals surface area contributed by atoms with Crippen molar-refractivity contribution in [3.05, 3.63) is 47.5 Å². The molecule has 2 aromatic rings. The van der Waals surface area contributed by atoms with Gasteiger partial charge in [0, 0.05) is 44.6 Å². The fraction of sp³-hybridized carbons (Fsp3) is 0.591. The summed E-state index contributed by atoms with van der Waals surface area (Å²) in [6.07, 6.45) is 3.31. The molecular weight excluding hydrogens is 348 g/mol.